The van der Waals surface area contributed by atoms with Crippen molar-refractivity contribution in [3.8, 4) is 5.75 Å². The van der Waals surface area contributed by atoms with Crippen LogP contribution >= 0.6 is 15.9 Å². The second-order valence-electron chi connectivity index (χ2n) is 3.39. The molecule has 1 heterocycles. The Bertz CT molecular complexity index is 526. The summed E-state index contributed by atoms with van der Waals surface area (Å²) in [4.78, 5) is 14.8. The summed E-state index contributed by atoms with van der Waals surface area (Å²) in [5.41, 5.74) is 1.35. The van der Waals surface area contributed by atoms with Crippen LogP contribution in [0.5, 0.6) is 5.75 Å². The van der Waals surface area contributed by atoms with Crippen molar-refractivity contribution in [2.75, 3.05) is 0 Å². The number of carbonyl (C=O) groups excluding carboxylic acids is 1. The molecule has 0 aliphatic heterocycles. The molecule has 5 nitrogen and oxygen atoms in total. The molecule has 6 heteroatoms. The molecular weight excluding hydrogens is 288 g/mol. The molecule has 0 N–H and O–H groups in total. The Morgan fingerprint density at radius 3 is 3.00 bits per heavy atom. The highest BCUT2D eigenvalue weighted by atomic mass is 79.9. The number of aldehydes is 1. The number of ether oxygens (including phenoxy) is 1. The molecule has 1 aromatic heterocycles. The van der Waals surface area contributed by atoms with Gasteiger partial charge in [0.25, 0.3) is 0 Å². The molecule has 0 saturated carbocycles. The average molecular weight is 297 g/mol. The molecule has 2 aromatic rings. The van der Waals surface area contributed by atoms with E-state index in [-0.39, 0.29) is 6.61 Å². The maximum atomic E-state index is 10.9. The zero-order valence-electron chi connectivity index (χ0n) is 9.01. The largest absolute Gasteiger partial charge is 0.484 e. The van der Waals surface area contributed by atoms with Gasteiger partial charge in [0, 0.05) is 4.47 Å². The smallest absolute Gasteiger partial charge is 0.213 e. The number of halogens is 1. The van der Waals surface area contributed by atoms with E-state index in [0.29, 0.717) is 17.1 Å². The van der Waals surface area contributed by atoms with Gasteiger partial charge in [-0.25, -0.2) is 0 Å². The molecule has 2 rings (SSSR count). The van der Waals surface area contributed by atoms with Crippen molar-refractivity contribution in [2.24, 2.45) is 0 Å². The average Bonchev–Trinajstić information content (AvgIpc) is 2.79. The normalized spacial score (nSPS) is 10.2. The summed E-state index contributed by atoms with van der Waals surface area (Å²) in [6.45, 7) is 2.03. The van der Waals surface area contributed by atoms with Gasteiger partial charge in [0.1, 0.15) is 5.75 Å². The first-order valence-electron chi connectivity index (χ1n) is 4.84. The van der Waals surface area contributed by atoms with Gasteiger partial charge in [-0.05, 0) is 24.6 Å². The number of rotatable bonds is 4. The Labute approximate surface area is 106 Å². The first-order chi connectivity index (χ1) is 8.20. The number of nitrogens with zero attached hydrogens (tertiary/aromatic N) is 2. The van der Waals surface area contributed by atoms with Gasteiger partial charge in [0.15, 0.2) is 12.9 Å². The van der Waals surface area contributed by atoms with Crippen molar-refractivity contribution in [3.05, 3.63) is 40.0 Å². The lowest BCUT2D eigenvalue weighted by Gasteiger charge is -2.10. The van der Waals surface area contributed by atoms with E-state index < -0.39 is 0 Å². The lowest BCUT2D eigenvalue weighted by molar-refractivity contribution is 0.111. The maximum absolute atomic E-state index is 10.9. The number of aryl methyl sites for hydroxylation is 1. The SMILES string of the molecule is Cc1cc(Br)cc(C=O)c1OCc1ncon1. The van der Waals surface area contributed by atoms with E-state index in [9.17, 15) is 4.79 Å². The van der Waals surface area contributed by atoms with Crippen molar-refractivity contribution < 1.29 is 14.1 Å². The molecule has 0 amide bonds. The van der Waals surface area contributed by atoms with Crippen molar-refractivity contribution >= 4 is 22.2 Å². The summed E-state index contributed by atoms with van der Waals surface area (Å²) in [5, 5.41) is 3.63. The van der Waals surface area contributed by atoms with Crippen LogP contribution in [0.1, 0.15) is 21.7 Å². The first-order valence-corrected chi connectivity index (χ1v) is 5.63. The zero-order valence-corrected chi connectivity index (χ0v) is 10.6. The first kappa shape index (κ1) is 11.8. The monoisotopic (exact) mass is 296 g/mol. The molecule has 88 valence electrons. The summed E-state index contributed by atoms with van der Waals surface area (Å²) in [5.74, 6) is 0.970. The molecule has 0 bridgehead atoms. The topological polar surface area (TPSA) is 65.2 Å². The Balaban J connectivity index is 2.22. The summed E-state index contributed by atoms with van der Waals surface area (Å²) < 4.78 is 10.9. The highest BCUT2D eigenvalue weighted by Gasteiger charge is 2.09. The van der Waals surface area contributed by atoms with Gasteiger partial charge in [-0.1, -0.05) is 21.1 Å². The fourth-order valence-electron chi connectivity index (χ4n) is 1.43. The summed E-state index contributed by atoms with van der Waals surface area (Å²) in [6, 6.07) is 3.57. The second kappa shape index (κ2) is 5.09. The van der Waals surface area contributed by atoms with E-state index in [1.54, 1.807) is 6.07 Å². The summed E-state index contributed by atoms with van der Waals surface area (Å²) >= 11 is 3.32. The highest BCUT2D eigenvalue weighted by Crippen LogP contribution is 2.27. The molecule has 0 aliphatic carbocycles. The van der Waals surface area contributed by atoms with Crippen molar-refractivity contribution in [3.63, 3.8) is 0 Å². The molecule has 0 atom stereocenters. The van der Waals surface area contributed by atoms with Gasteiger partial charge >= 0.3 is 0 Å². The predicted molar refractivity (Wildman–Crippen MR) is 62.9 cm³/mol. The highest BCUT2D eigenvalue weighted by molar-refractivity contribution is 9.10. The van der Waals surface area contributed by atoms with E-state index in [1.807, 2.05) is 13.0 Å². The Morgan fingerprint density at radius 2 is 2.35 bits per heavy atom. The minimum absolute atomic E-state index is 0.166. The van der Waals surface area contributed by atoms with Gasteiger partial charge in [-0.3, -0.25) is 4.79 Å². The van der Waals surface area contributed by atoms with E-state index in [2.05, 4.69) is 30.6 Å². The van der Waals surface area contributed by atoms with Gasteiger partial charge in [0.05, 0.1) is 5.56 Å². The Kier molecular flexibility index (Phi) is 3.53. The number of carbonyl (C=O) groups is 1. The van der Waals surface area contributed by atoms with E-state index in [0.717, 1.165) is 16.3 Å². The Hall–Kier alpha value is -1.69. The lowest BCUT2D eigenvalue weighted by atomic mass is 10.1. The van der Waals surface area contributed by atoms with E-state index in [4.69, 9.17) is 4.74 Å². The van der Waals surface area contributed by atoms with Gasteiger partial charge < -0.3 is 9.26 Å². The van der Waals surface area contributed by atoms with Crippen molar-refractivity contribution in [1.29, 1.82) is 0 Å². The van der Waals surface area contributed by atoms with Crippen LogP contribution < -0.4 is 4.74 Å². The van der Waals surface area contributed by atoms with Crippen LogP contribution in [0.15, 0.2) is 27.5 Å². The van der Waals surface area contributed by atoms with Crippen molar-refractivity contribution in [2.45, 2.75) is 13.5 Å². The van der Waals surface area contributed by atoms with Gasteiger partial charge in [0.2, 0.25) is 12.2 Å². The minimum atomic E-state index is 0.166. The quantitative estimate of drug-likeness (QED) is 0.811. The van der Waals surface area contributed by atoms with Gasteiger partial charge in [-0.2, -0.15) is 4.98 Å². The third-order valence-corrected chi connectivity index (χ3v) is 2.61. The maximum Gasteiger partial charge on any atom is 0.213 e. The molecule has 0 unspecified atom stereocenters. The molecule has 0 spiro atoms. The van der Waals surface area contributed by atoms with Crippen molar-refractivity contribution in [1.82, 2.24) is 10.1 Å². The van der Waals surface area contributed by atoms with Crippen LogP contribution in [0.25, 0.3) is 0 Å². The molecular formula is C11H9BrN2O3. The van der Waals surface area contributed by atoms with Crippen LogP contribution in [0.2, 0.25) is 0 Å². The van der Waals surface area contributed by atoms with E-state index >= 15 is 0 Å². The van der Waals surface area contributed by atoms with Crippen LogP contribution in [0.3, 0.4) is 0 Å². The second-order valence-corrected chi connectivity index (χ2v) is 4.31. The standard InChI is InChI=1S/C11H9BrN2O3/c1-7-2-9(12)3-8(4-15)11(7)16-5-10-13-6-17-14-10/h2-4,6H,5H2,1H3. The third kappa shape index (κ3) is 2.71. The molecule has 17 heavy (non-hydrogen) atoms. The molecule has 0 radical (unpaired) electrons. The summed E-state index contributed by atoms with van der Waals surface area (Å²) in [7, 11) is 0. The van der Waals surface area contributed by atoms with E-state index in [1.165, 1.54) is 6.39 Å². The number of aromatic nitrogens is 2. The van der Waals surface area contributed by atoms with Crippen LogP contribution in [0.4, 0.5) is 0 Å². The minimum Gasteiger partial charge on any atom is -0.484 e. The number of benzene rings is 1. The van der Waals surface area contributed by atoms with Crippen LogP contribution in [-0.4, -0.2) is 16.4 Å². The lowest BCUT2D eigenvalue weighted by Crippen LogP contribution is -2.01. The number of hydrogen-bond donors (Lipinski definition) is 0. The summed E-state index contributed by atoms with van der Waals surface area (Å²) in [6.07, 6.45) is 1.98. The molecule has 0 saturated heterocycles. The molecule has 0 aliphatic rings. The zero-order chi connectivity index (χ0) is 12.3. The van der Waals surface area contributed by atoms with Crippen LogP contribution in [0, 0.1) is 6.92 Å². The molecule has 0 fully saturated rings. The van der Waals surface area contributed by atoms with Gasteiger partial charge in [-0.15, -0.1) is 0 Å². The fourth-order valence-corrected chi connectivity index (χ4v) is 2.02. The third-order valence-electron chi connectivity index (χ3n) is 2.15. The predicted octanol–water partition coefficient (Wildman–Crippen LogP) is 2.53. The Morgan fingerprint density at radius 1 is 1.53 bits per heavy atom. The van der Waals surface area contributed by atoms with Crippen LogP contribution in [-0.2, 0) is 6.61 Å². The fraction of sp³-hybridized carbons (Fsp3) is 0.182. The molecule has 1 aromatic carbocycles. The number of hydrogen-bond acceptors (Lipinski definition) is 5.